The first kappa shape index (κ1) is 15.5. The van der Waals surface area contributed by atoms with Crippen molar-refractivity contribution in [1.29, 1.82) is 0 Å². The molecule has 23 heavy (non-hydrogen) atoms. The van der Waals surface area contributed by atoms with Crippen LogP contribution in [0.2, 0.25) is 0 Å². The predicted octanol–water partition coefficient (Wildman–Crippen LogP) is 0.770. The normalized spacial score (nSPS) is 20.4. The highest BCUT2D eigenvalue weighted by atomic mass is 32.2. The number of aryl methyl sites for hydroxylation is 2. The molecule has 9 heteroatoms. The number of nitrogens with two attached hydrogens (primary N) is 1. The lowest BCUT2D eigenvalue weighted by atomic mass is 9.93. The number of sulfonamides is 1. The van der Waals surface area contributed by atoms with Crippen LogP contribution in [0, 0.1) is 6.92 Å². The summed E-state index contributed by atoms with van der Waals surface area (Å²) in [6.07, 6.45) is 0.578. The molecule has 8 nitrogen and oxygen atoms in total. The van der Waals surface area contributed by atoms with Gasteiger partial charge in [-0.25, -0.2) is 13.2 Å². The van der Waals surface area contributed by atoms with Crippen molar-refractivity contribution < 1.29 is 22.8 Å². The standard InChI is InChI=1S/C14H15N3O5S/c1-8-11(12(15)16-22-8)23(20,21)17-14(13(18)19)7-6-9-4-2-3-5-10(9)14/h2-5,17H,6-7H2,1H3,(H2,15,16)(H,18,19). The summed E-state index contributed by atoms with van der Waals surface area (Å²) >= 11 is 0. The van der Waals surface area contributed by atoms with Crippen LogP contribution < -0.4 is 10.5 Å². The molecule has 0 fully saturated rings. The van der Waals surface area contributed by atoms with Crippen molar-refractivity contribution in [3.8, 4) is 0 Å². The van der Waals surface area contributed by atoms with Crippen molar-refractivity contribution in [3.05, 3.63) is 41.2 Å². The number of hydrogen-bond acceptors (Lipinski definition) is 6. The minimum atomic E-state index is -4.22. The quantitative estimate of drug-likeness (QED) is 0.749. The molecule has 0 spiro atoms. The van der Waals surface area contributed by atoms with Gasteiger partial charge >= 0.3 is 5.97 Å². The van der Waals surface area contributed by atoms with Crippen LogP contribution in [0.1, 0.15) is 23.3 Å². The molecule has 1 heterocycles. The van der Waals surface area contributed by atoms with E-state index in [1.54, 1.807) is 24.3 Å². The van der Waals surface area contributed by atoms with Gasteiger partial charge in [0.05, 0.1) is 0 Å². The molecule has 1 aliphatic carbocycles. The van der Waals surface area contributed by atoms with E-state index in [2.05, 4.69) is 9.88 Å². The fourth-order valence-corrected chi connectivity index (χ4v) is 4.56. The van der Waals surface area contributed by atoms with Gasteiger partial charge in [0.1, 0.15) is 0 Å². The van der Waals surface area contributed by atoms with Gasteiger partial charge in [0.25, 0.3) is 0 Å². The highest BCUT2D eigenvalue weighted by molar-refractivity contribution is 7.89. The number of hydrogen-bond donors (Lipinski definition) is 3. The number of carboxylic acid groups (broad SMARTS) is 1. The van der Waals surface area contributed by atoms with Crippen molar-refractivity contribution in [2.24, 2.45) is 0 Å². The largest absolute Gasteiger partial charge is 0.480 e. The summed E-state index contributed by atoms with van der Waals surface area (Å²) in [4.78, 5) is 11.6. The van der Waals surface area contributed by atoms with E-state index in [1.807, 2.05) is 0 Å². The van der Waals surface area contributed by atoms with Crippen molar-refractivity contribution in [2.45, 2.75) is 30.2 Å². The second-order valence-electron chi connectivity index (χ2n) is 5.43. The average Bonchev–Trinajstić information content (AvgIpc) is 3.01. The van der Waals surface area contributed by atoms with Crippen LogP contribution >= 0.6 is 0 Å². The van der Waals surface area contributed by atoms with Gasteiger partial charge in [-0.05, 0) is 30.9 Å². The maximum atomic E-state index is 12.7. The second-order valence-corrected chi connectivity index (χ2v) is 7.05. The second kappa shape index (κ2) is 5.07. The highest BCUT2D eigenvalue weighted by Gasteiger charge is 2.49. The van der Waals surface area contributed by atoms with Crippen LogP contribution in [0.5, 0.6) is 0 Å². The van der Waals surface area contributed by atoms with E-state index in [0.717, 1.165) is 5.56 Å². The van der Waals surface area contributed by atoms with Crippen molar-refractivity contribution in [1.82, 2.24) is 9.88 Å². The summed E-state index contributed by atoms with van der Waals surface area (Å²) in [5, 5.41) is 13.1. The maximum Gasteiger partial charge on any atom is 0.329 e. The Morgan fingerprint density at radius 2 is 2.13 bits per heavy atom. The number of nitrogens with zero attached hydrogens (tertiary/aromatic N) is 1. The number of carboxylic acids is 1. The third-order valence-corrected chi connectivity index (χ3v) is 5.67. The fourth-order valence-electron chi connectivity index (χ4n) is 2.97. The van der Waals surface area contributed by atoms with Gasteiger partial charge < -0.3 is 15.4 Å². The van der Waals surface area contributed by atoms with E-state index in [-0.39, 0.29) is 22.9 Å². The Morgan fingerprint density at radius 1 is 1.43 bits per heavy atom. The van der Waals surface area contributed by atoms with Crippen LogP contribution in [-0.2, 0) is 26.8 Å². The van der Waals surface area contributed by atoms with E-state index in [4.69, 9.17) is 10.3 Å². The average molecular weight is 337 g/mol. The first-order valence-electron chi connectivity index (χ1n) is 6.85. The van der Waals surface area contributed by atoms with E-state index in [9.17, 15) is 18.3 Å². The SMILES string of the molecule is Cc1onc(N)c1S(=O)(=O)NC1(C(=O)O)CCc2ccccc21. The molecule has 1 unspecified atom stereocenters. The molecule has 0 amide bonds. The number of nitrogens with one attached hydrogen (secondary N) is 1. The maximum absolute atomic E-state index is 12.7. The predicted molar refractivity (Wildman–Crippen MR) is 80.1 cm³/mol. The van der Waals surface area contributed by atoms with Crippen molar-refractivity contribution >= 4 is 21.8 Å². The van der Waals surface area contributed by atoms with Gasteiger partial charge in [-0.2, -0.15) is 4.72 Å². The first-order valence-corrected chi connectivity index (χ1v) is 8.34. The molecule has 4 N–H and O–H groups in total. The summed E-state index contributed by atoms with van der Waals surface area (Å²) < 4.78 is 32.4. The Bertz CT molecular complexity index is 870. The Kier molecular flexibility index (Phi) is 3.42. The molecule has 1 atom stereocenters. The summed E-state index contributed by atoms with van der Waals surface area (Å²) in [7, 11) is -4.22. The molecule has 1 aromatic carbocycles. The molecule has 1 aromatic heterocycles. The number of aromatic nitrogens is 1. The Labute approximate surface area is 132 Å². The first-order chi connectivity index (χ1) is 10.8. The summed E-state index contributed by atoms with van der Waals surface area (Å²) in [5.74, 6) is -1.57. The number of anilines is 1. The molecule has 3 rings (SSSR count). The molecule has 122 valence electrons. The van der Waals surface area contributed by atoms with Crippen molar-refractivity contribution in [3.63, 3.8) is 0 Å². The Balaban J connectivity index is 2.11. The van der Waals surface area contributed by atoms with Crippen LogP contribution in [0.3, 0.4) is 0 Å². The van der Waals surface area contributed by atoms with Gasteiger partial charge in [-0.15, -0.1) is 0 Å². The fraction of sp³-hybridized carbons (Fsp3) is 0.286. The molecule has 0 radical (unpaired) electrons. The molecule has 1 aliphatic rings. The minimum Gasteiger partial charge on any atom is -0.480 e. The third-order valence-electron chi connectivity index (χ3n) is 4.02. The molecular formula is C14H15N3O5S. The van der Waals surface area contributed by atoms with Gasteiger partial charge in [-0.3, -0.25) is 0 Å². The summed E-state index contributed by atoms with van der Waals surface area (Å²) in [6.45, 7) is 1.40. The zero-order chi connectivity index (χ0) is 16.8. The van der Waals surface area contributed by atoms with Crippen LogP contribution in [0.4, 0.5) is 5.82 Å². The lowest BCUT2D eigenvalue weighted by Gasteiger charge is -2.26. The van der Waals surface area contributed by atoms with Crippen LogP contribution in [-0.4, -0.2) is 24.7 Å². The number of benzene rings is 1. The number of nitrogen functional groups attached to an aromatic ring is 1. The Hall–Kier alpha value is -2.39. The minimum absolute atomic E-state index is 0.00169. The van der Waals surface area contributed by atoms with E-state index in [1.165, 1.54) is 6.92 Å². The van der Waals surface area contributed by atoms with Gasteiger partial charge in [0, 0.05) is 0 Å². The smallest absolute Gasteiger partial charge is 0.329 e. The van der Waals surface area contributed by atoms with E-state index in [0.29, 0.717) is 12.0 Å². The number of fused-ring (bicyclic) bond motifs is 1. The van der Waals surface area contributed by atoms with Gasteiger partial charge in [-0.1, -0.05) is 29.4 Å². The van der Waals surface area contributed by atoms with Crippen molar-refractivity contribution in [2.75, 3.05) is 5.73 Å². The molecular weight excluding hydrogens is 322 g/mol. The van der Waals surface area contributed by atoms with E-state index < -0.39 is 21.5 Å². The molecule has 0 saturated heterocycles. The van der Waals surface area contributed by atoms with Crippen LogP contribution in [0.15, 0.2) is 33.7 Å². The molecule has 0 bridgehead atoms. The van der Waals surface area contributed by atoms with E-state index >= 15 is 0 Å². The molecule has 0 aliphatic heterocycles. The zero-order valence-electron chi connectivity index (χ0n) is 12.2. The number of rotatable bonds is 4. The molecule has 2 aromatic rings. The number of carbonyl (C=O) groups is 1. The summed E-state index contributed by atoms with van der Waals surface area (Å²) in [5.41, 5.74) is 5.05. The lowest BCUT2D eigenvalue weighted by Crippen LogP contribution is -2.50. The Morgan fingerprint density at radius 3 is 2.74 bits per heavy atom. The van der Waals surface area contributed by atoms with Crippen LogP contribution in [0.25, 0.3) is 0 Å². The topological polar surface area (TPSA) is 136 Å². The third kappa shape index (κ3) is 2.28. The molecule has 0 saturated carbocycles. The number of aliphatic carboxylic acids is 1. The van der Waals surface area contributed by atoms with Gasteiger partial charge in [0.2, 0.25) is 10.0 Å². The summed E-state index contributed by atoms with van der Waals surface area (Å²) in [6, 6.07) is 6.86. The zero-order valence-corrected chi connectivity index (χ0v) is 13.1. The highest BCUT2D eigenvalue weighted by Crippen LogP contribution is 2.39. The lowest BCUT2D eigenvalue weighted by molar-refractivity contribution is -0.144. The van der Waals surface area contributed by atoms with Gasteiger partial charge in [0.15, 0.2) is 22.0 Å². The monoisotopic (exact) mass is 337 g/mol.